The third-order valence-electron chi connectivity index (χ3n) is 12.3. The highest BCUT2D eigenvalue weighted by molar-refractivity contribution is 6.28. The molecule has 12 rings (SSSR count). The first-order valence-electron chi connectivity index (χ1n) is 20.2. The highest BCUT2D eigenvalue weighted by atomic mass is 16.3. The second-order valence-corrected chi connectivity index (χ2v) is 15.4. The summed E-state index contributed by atoms with van der Waals surface area (Å²) in [4.78, 5) is 7.83. The van der Waals surface area contributed by atoms with Crippen LogP contribution in [0.25, 0.3) is 66.0 Å². The van der Waals surface area contributed by atoms with Crippen LogP contribution in [0.4, 0.5) is 17.1 Å². The van der Waals surface area contributed by atoms with Crippen molar-refractivity contribution in [3.63, 3.8) is 0 Å². The SMILES string of the molecule is c1ccc(-c2nc3cc(-c4ccc(N5c6ccccc6C(c6ccccc6)(c6ccccc6)c6ccccc65)cc4)ccc3c3c2ccc2oc4ccccc4c23)cc1. The highest BCUT2D eigenvalue weighted by Crippen LogP contribution is 2.57. The van der Waals surface area contributed by atoms with Gasteiger partial charge in [-0.25, -0.2) is 4.98 Å². The Kier molecular flexibility index (Phi) is 7.45. The molecule has 0 atom stereocenters. The van der Waals surface area contributed by atoms with E-state index in [4.69, 9.17) is 9.40 Å². The topological polar surface area (TPSA) is 29.3 Å². The molecule has 0 unspecified atom stereocenters. The first-order chi connectivity index (χ1) is 29.3. The van der Waals surface area contributed by atoms with Crippen LogP contribution in [0.2, 0.25) is 0 Å². The molecule has 0 saturated heterocycles. The standard InChI is InChI=1S/C56H36N2O/c1-4-16-38(17-5-1)55-45-34-35-52-54(44-22-10-15-27-51(44)59-52)53(45)43-33-30-39(36-48(43)57-55)37-28-31-42(32-29-37)58-49-25-13-11-23-46(49)56(40-18-6-2-7-19-40,41-20-8-3-9-21-41)47-24-12-14-26-50(47)58/h1-36H. The molecule has 3 heterocycles. The van der Waals surface area contributed by atoms with Gasteiger partial charge in [0.15, 0.2) is 0 Å². The molecule has 11 aromatic rings. The van der Waals surface area contributed by atoms with Gasteiger partial charge in [0.1, 0.15) is 11.2 Å². The van der Waals surface area contributed by atoms with Crippen LogP contribution in [-0.4, -0.2) is 4.98 Å². The van der Waals surface area contributed by atoms with E-state index in [2.05, 4.69) is 217 Å². The third kappa shape index (κ3) is 4.98. The number of hydrogen-bond donors (Lipinski definition) is 0. The lowest BCUT2D eigenvalue weighted by molar-refractivity contribution is 0.669. The molecule has 276 valence electrons. The maximum Gasteiger partial charge on any atom is 0.136 e. The smallest absolute Gasteiger partial charge is 0.136 e. The Morgan fingerprint density at radius 2 is 0.949 bits per heavy atom. The number of para-hydroxylation sites is 3. The average molecular weight is 753 g/mol. The van der Waals surface area contributed by atoms with E-state index in [1.165, 1.54) is 39.0 Å². The summed E-state index contributed by atoms with van der Waals surface area (Å²) < 4.78 is 6.39. The van der Waals surface area contributed by atoms with E-state index in [-0.39, 0.29) is 0 Å². The van der Waals surface area contributed by atoms with E-state index in [1.807, 2.05) is 6.07 Å². The van der Waals surface area contributed by atoms with Crippen LogP contribution >= 0.6 is 0 Å². The minimum absolute atomic E-state index is 0.499. The van der Waals surface area contributed by atoms with Crippen molar-refractivity contribution in [1.82, 2.24) is 4.98 Å². The molecule has 0 fully saturated rings. The second-order valence-electron chi connectivity index (χ2n) is 15.4. The van der Waals surface area contributed by atoms with Gasteiger partial charge < -0.3 is 9.32 Å². The lowest BCUT2D eigenvalue weighted by atomic mass is 9.62. The van der Waals surface area contributed by atoms with Gasteiger partial charge in [0.2, 0.25) is 0 Å². The van der Waals surface area contributed by atoms with E-state index >= 15 is 0 Å². The Morgan fingerprint density at radius 1 is 0.390 bits per heavy atom. The van der Waals surface area contributed by atoms with Crippen LogP contribution in [-0.2, 0) is 5.41 Å². The van der Waals surface area contributed by atoms with Crippen LogP contribution in [0.3, 0.4) is 0 Å². The molecule has 0 aliphatic carbocycles. The zero-order valence-electron chi connectivity index (χ0n) is 32.1. The van der Waals surface area contributed by atoms with Crippen molar-refractivity contribution in [2.24, 2.45) is 0 Å². The largest absolute Gasteiger partial charge is 0.456 e. The summed E-state index contributed by atoms with van der Waals surface area (Å²) >= 11 is 0. The number of furan rings is 1. The molecule has 1 aliphatic heterocycles. The lowest BCUT2D eigenvalue weighted by Crippen LogP contribution is -2.37. The Hall–Kier alpha value is -7.75. The second kappa shape index (κ2) is 13.2. The summed E-state index contributed by atoms with van der Waals surface area (Å²) in [6.45, 7) is 0. The van der Waals surface area contributed by atoms with Crippen LogP contribution in [0.5, 0.6) is 0 Å². The minimum atomic E-state index is -0.499. The fourth-order valence-corrected chi connectivity index (χ4v) is 9.80. The van der Waals surface area contributed by atoms with E-state index in [9.17, 15) is 0 Å². The molecule has 9 aromatic carbocycles. The summed E-state index contributed by atoms with van der Waals surface area (Å²) in [7, 11) is 0. The molecule has 0 amide bonds. The van der Waals surface area contributed by atoms with Crippen molar-refractivity contribution in [3.05, 3.63) is 241 Å². The minimum Gasteiger partial charge on any atom is -0.456 e. The lowest BCUT2D eigenvalue weighted by Gasteiger charge is -2.46. The van der Waals surface area contributed by atoms with Crippen LogP contribution < -0.4 is 4.90 Å². The molecule has 3 nitrogen and oxygen atoms in total. The van der Waals surface area contributed by atoms with Crippen molar-refractivity contribution >= 4 is 60.7 Å². The molecule has 0 saturated carbocycles. The van der Waals surface area contributed by atoms with Crippen molar-refractivity contribution in [2.75, 3.05) is 4.90 Å². The Labute approximate surface area is 342 Å². The van der Waals surface area contributed by atoms with Gasteiger partial charge in [0.25, 0.3) is 0 Å². The third-order valence-corrected chi connectivity index (χ3v) is 12.3. The molecule has 3 heteroatoms. The maximum absolute atomic E-state index is 6.39. The first kappa shape index (κ1) is 33.4. The van der Waals surface area contributed by atoms with Crippen LogP contribution in [0.15, 0.2) is 223 Å². The summed E-state index contributed by atoms with van der Waals surface area (Å²) in [5.41, 5.74) is 15.0. The van der Waals surface area contributed by atoms with Gasteiger partial charge in [0.05, 0.1) is 28.0 Å². The quantitative estimate of drug-likeness (QED) is 0.164. The average Bonchev–Trinajstić information content (AvgIpc) is 3.70. The molecule has 0 N–H and O–H groups in total. The number of nitrogens with zero attached hydrogens (tertiary/aromatic N) is 2. The zero-order valence-corrected chi connectivity index (χ0v) is 32.1. The maximum atomic E-state index is 6.39. The van der Waals surface area contributed by atoms with Gasteiger partial charge in [-0.3, -0.25) is 0 Å². The summed E-state index contributed by atoms with van der Waals surface area (Å²) in [5.74, 6) is 0. The molecule has 1 aliphatic rings. The monoisotopic (exact) mass is 752 g/mol. The van der Waals surface area contributed by atoms with Gasteiger partial charge in [-0.1, -0.05) is 170 Å². The van der Waals surface area contributed by atoms with Gasteiger partial charge in [0, 0.05) is 38.2 Å². The predicted molar refractivity (Wildman–Crippen MR) is 244 cm³/mol. The zero-order chi connectivity index (χ0) is 38.9. The predicted octanol–water partition coefficient (Wildman–Crippen LogP) is 14.8. The van der Waals surface area contributed by atoms with Crippen LogP contribution in [0, 0.1) is 0 Å². The molecule has 0 bridgehead atoms. The number of aromatic nitrogens is 1. The number of rotatable bonds is 5. The molecular weight excluding hydrogens is 717 g/mol. The Morgan fingerprint density at radius 3 is 1.63 bits per heavy atom. The van der Waals surface area contributed by atoms with Crippen molar-refractivity contribution in [3.8, 4) is 22.4 Å². The number of benzene rings is 9. The summed E-state index contributed by atoms with van der Waals surface area (Å²) in [5, 5.41) is 5.64. The van der Waals surface area contributed by atoms with Crippen LogP contribution in [0.1, 0.15) is 22.3 Å². The van der Waals surface area contributed by atoms with E-state index in [0.29, 0.717) is 0 Å². The van der Waals surface area contributed by atoms with Gasteiger partial charge in [-0.15, -0.1) is 0 Å². The van der Waals surface area contributed by atoms with Gasteiger partial charge in [-0.2, -0.15) is 0 Å². The van der Waals surface area contributed by atoms with Crippen molar-refractivity contribution < 1.29 is 4.42 Å². The normalized spacial score (nSPS) is 13.2. The van der Waals surface area contributed by atoms with E-state index in [1.54, 1.807) is 0 Å². The molecule has 2 aromatic heterocycles. The first-order valence-corrected chi connectivity index (χ1v) is 20.2. The van der Waals surface area contributed by atoms with Crippen molar-refractivity contribution in [1.29, 1.82) is 0 Å². The summed E-state index contributed by atoms with van der Waals surface area (Å²) in [6.07, 6.45) is 0. The Balaban J connectivity index is 1.02. The van der Waals surface area contributed by atoms with Gasteiger partial charge in [-0.05, 0) is 81.9 Å². The van der Waals surface area contributed by atoms with E-state index < -0.39 is 5.41 Å². The fraction of sp³-hybridized carbons (Fsp3) is 0.0179. The van der Waals surface area contributed by atoms with E-state index in [0.717, 1.165) is 66.3 Å². The molecule has 59 heavy (non-hydrogen) atoms. The number of anilines is 3. The molecule has 0 radical (unpaired) electrons. The molecule has 0 spiro atoms. The number of hydrogen-bond acceptors (Lipinski definition) is 3. The molecular formula is C56H36N2O. The highest BCUT2D eigenvalue weighted by Gasteiger charge is 2.46. The number of fused-ring (bicyclic) bond motifs is 9. The fourth-order valence-electron chi connectivity index (χ4n) is 9.80. The Bertz CT molecular complexity index is 3280. The summed E-state index contributed by atoms with van der Waals surface area (Å²) in [6, 6.07) is 78.6. The number of pyridine rings is 1. The van der Waals surface area contributed by atoms with Crippen molar-refractivity contribution in [2.45, 2.75) is 5.41 Å². The van der Waals surface area contributed by atoms with Gasteiger partial charge >= 0.3 is 0 Å².